The van der Waals surface area contributed by atoms with Crippen LogP contribution in [0.4, 0.5) is 0 Å². The molecule has 0 spiro atoms. The van der Waals surface area contributed by atoms with Crippen molar-refractivity contribution in [3.8, 4) is 5.75 Å². The molecule has 0 radical (unpaired) electrons. The summed E-state index contributed by atoms with van der Waals surface area (Å²) in [5, 5.41) is 2.81. The molecular formula is C30H25N3O4S. The number of nitrogens with zero attached hydrogens (tertiary/aromatic N) is 2. The van der Waals surface area contributed by atoms with Gasteiger partial charge in [-0.05, 0) is 43.0 Å². The lowest BCUT2D eigenvalue weighted by molar-refractivity contribution is -0.139. The van der Waals surface area contributed by atoms with E-state index in [1.54, 1.807) is 25.5 Å². The zero-order valence-corrected chi connectivity index (χ0v) is 22.0. The van der Waals surface area contributed by atoms with Gasteiger partial charge in [-0.15, -0.1) is 0 Å². The van der Waals surface area contributed by atoms with Gasteiger partial charge < -0.3 is 14.5 Å². The van der Waals surface area contributed by atoms with Gasteiger partial charge in [-0.1, -0.05) is 59.9 Å². The number of fused-ring (bicyclic) bond motifs is 3. The maximum atomic E-state index is 14.0. The minimum absolute atomic E-state index is 0.210. The highest BCUT2D eigenvalue weighted by molar-refractivity contribution is 7.07. The summed E-state index contributed by atoms with van der Waals surface area (Å²) in [7, 11) is 1.63. The third-order valence-electron chi connectivity index (χ3n) is 6.86. The molecule has 3 aromatic carbocycles. The minimum atomic E-state index is -0.703. The Balaban J connectivity index is 1.64. The number of carbonyl (C=O) groups is 1. The van der Waals surface area contributed by atoms with Gasteiger partial charge >= 0.3 is 5.97 Å². The van der Waals surface area contributed by atoms with Crippen molar-refractivity contribution in [1.29, 1.82) is 0 Å². The number of thiazole rings is 1. The Labute approximate surface area is 222 Å². The maximum Gasteiger partial charge on any atom is 0.338 e. The largest absolute Gasteiger partial charge is 0.496 e. The van der Waals surface area contributed by atoms with Gasteiger partial charge in [0.25, 0.3) is 5.56 Å². The molecule has 1 aliphatic heterocycles. The highest BCUT2D eigenvalue weighted by atomic mass is 32.1. The lowest BCUT2D eigenvalue weighted by Gasteiger charge is -2.26. The Bertz CT molecular complexity index is 1940. The number of methoxy groups -OCH3 is 1. The number of rotatable bonds is 5. The molecule has 2 aromatic heterocycles. The van der Waals surface area contributed by atoms with Crippen LogP contribution in [0.25, 0.3) is 27.8 Å². The van der Waals surface area contributed by atoms with Gasteiger partial charge in [-0.25, -0.2) is 9.79 Å². The molecule has 0 fully saturated rings. The van der Waals surface area contributed by atoms with Crippen LogP contribution >= 0.6 is 11.3 Å². The van der Waals surface area contributed by atoms with E-state index >= 15 is 0 Å². The van der Waals surface area contributed by atoms with E-state index in [-0.39, 0.29) is 12.2 Å². The van der Waals surface area contributed by atoms with Gasteiger partial charge in [0, 0.05) is 28.0 Å². The summed E-state index contributed by atoms with van der Waals surface area (Å²) in [5.41, 5.74) is 3.39. The number of hydrogen-bond acceptors (Lipinski definition) is 6. The molecular weight excluding hydrogens is 498 g/mol. The van der Waals surface area contributed by atoms with E-state index in [2.05, 4.69) is 4.98 Å². The smallest absolute Gasteiger partial charge is 0.338 e. The van der Waals surface area contributed by atoms with Crippen LogP contribution in [0.1, 0.15) is 31.0 Å². The summed E-state index contributed by atoms with van der Waals surface area (Å²) in [6, 6.07) is 18.9. The molecule has 7 nitrogen and oxygen atoms in total. The first-order valence-corrected chi connectivity index (χ1v) is 13.1. The predicted molar refractivity (Wildman–Crippen MR) is 149 cm³/mol. The average Bonchev–Trinajstić information content (AvgIpc) is 3.48. The fourth-order valence-corrected chi connectivity index (χ4v) is 6.19. The van der Waals surface area contributed by atoms with E-state index in [4.69, 9.17) is 14.5 Å². The van der Waals surface area contributed by atoms with Crippen LogP contribution in [0.15, 0.2) is 87.9 Å². The third kappa shape index (κ3) is 3.76. The molecule has 38 heavy (non-hydrogen) atoms. The van der Waals surface area contributed by atoms with Gasteiger partial charge in [0.2, 0.25) is 0 Å². The molecule has 0 amide bonds. The second kappa shape index (κ2) is 9.46. The normalized spacial score (nSPS) is 15.6. The summed E-state index contributed by atoms with van der Waals surface area (Å²) in [5.74, 6) is 0.235. The number of esters is 1. The van der Waals surface area contributed by atoms with Crippen LogP contribution < -0.4 is 19.6 Å². The van der Waals surface area contributed by atoms with Crippen LogP contribution in [0.5, 0.6) is 5.75 Å². The number of ether oxygens (including phenoxy) is 2. The quantitative estimate of drug-likeness (QED) is 0.345. The van der Waals surface area contributed by atoms with E-state index < -0.39 is 12.0 Å². The van der Waals surface area contributed by atoms with Crippen molar-refractivity contribution in [2.45, 2.75) is 19.9 Å². The molecule has 1 aliphatic rings. The number of aromatic amines is 1. The molecule has 1 unspecified atom stereocenters. The summed E-state index contributed by atoms with van der Waals surface area (Å²) in [6.07, 6.45) is 3.78. The fourth-order valence-electron chi connectivity index (χ4n) is 5.15. The van der Waals surface area contributed by atoms with Crippen LogP contribution in [-0.2, 0) is 9.53 Å². The Morgan fingerprint density at radius 1 is 1.08 bits per heavy atom. The van der Waals surface area contributed by atoms with Gasteiger partial charge in [0.1, 0.15) is 5.75 Å². The second-order valence-corrected chi connectivity index (χ2v) is 10.0. The van der Waals surface area contributed by atoms with Gasteiger partial charge in [0.05, 0.1) is 35.6 Å². The molecule has 3 heterocycles. The molecule has 0 aliphatic carbocycles. The number of para-hydroxylation sites is 1. The standard InChI is InChI=1S/C30H25N3O4S/c1-4-37-29(35)26-17(2)32-30-33(27(26)22-13-14-24(36-3)21-11-6-5-10-20(21)22)28(34)25(38-30)15-18-16-31-23-12-8-7-9-19(18)23/h5-16,27,31H,4H2,1-3H3. The van der Waals surface area contributed by atoms with Crippen LogP contribution in [-0.4, -0.2) is 29.2 Å². The molecule has 0 bridgehead atoms. The SMILES string of the molecule is CCOC(=O)C1=C(C)N=c2sc(=Cc3c[nH]c4ccccc34)c(=O)n2C1c1ccc(OC)c2ccccc12. The fraction of sp³-hybridized carbons (Fsp3) is 0.167. The van der Waals surface area contributed by atoms with Crippen molar-refractivity contribution in [3.63, 3.8) is 0 Å². The van der Waals surface area contributed by atoms with Gasteiger partial charge in [0.15, 0.2) is 4.80 Å². The second-order valence-electron chi connectivity index (χ2n) is 8.99. The summed E-state index contributed by atoms with van der Waals surface area (Å²) < 4.78 is 13.2. The first-order valence-electron chi connectivity index (χ1n) is 12.3. The number of allylic oxidation sites excluding steroid dienone is 1. The highest BCUT2D eigenvalue weighted by Gasteiger charge is 2.34. The molecule has 0 saturated heterocycles. The predicted octanol–water partition coefficient (Wildman–Crippen LogP) is 4.44. The number of nitrogens with one attached hydrogen (secondary N) is 1. The van der Waals surface area contributed by atoms with E-state index in [1.807, 2.05) is 72.9 Å². The number of aromatic nitrogens is 2. The summed E-state index contributed by atoms with van der Waals surface area (Å²) in [4.78, 5) is 35.8. The molecule has 0 saturated carbocycles. The lowest BCUT2D eigenvalue weighted by Crippen LogP contribution is -2.40. The monoisotopic (exact) mass is 523 g/mol. The maximum absolute atomic E-state index is 14.0. The summed E-state index contributed by atoms with van der Waals surface area (Å²) in [6.45, 7) is 3.78. The Hall–Kier alpha value is -4.43. The van der Waals surface area contributed by atoms with E-state index in [9.17, 15) is 9.59 Å². The van der Waals surface area contributed by atoms with Crippen molar-refractivity contribution in [2.24, 2.45) is 4.99 Å². The van der Waals surface area contributed by atoms with Crippen molar-refractivity contribution >= 4 is 45.1 Å². The zero-order valence-electron chi connectivity index (χ0n) is 21.1. The van der Waals surface area contributed by atoms with Gasteiger partial charge in [-0.2, -0.15) is 0 Å². The summed E-state index contributed by atoms with van der Waals surface area (Å²) >= 11 is 1.31. The molecule has 1 N–H and O–H groups in total. The van der Waals surface area contributed by atoms with Crippen molar-refractivity contribution in [3.05, 3.63) is 109 Å². The molecule has 1 atom stereocenters. The number of H-pyrrole nitrogens is 1. The van der Waals surface area contributed by atoms with Gasteiger partial charge in [-0.3, -0.25) is 9.36 Å². The lowest BCUT2D eigenvalue weighted by atomic mass is 9.91. The number of carbonyl (C=O) groups excluding carboxylic acids is 1. The van der Waals surface area contributed by atoms with Crippen LogP contribution in [0.2, 0.25) is 0 Å². The van der Waals surface area contributed by atoms with Crippen LogP contribution in [0.3, 0.4) is 0 Å². The van der Waals surface area contributed by atoms with Crippen molar-refractivity contribution in [2.75, 3.05) is 13.7 Å². The van der Waals surface area contributed by atoms with Crippen molar-refractivity contribution in [1.82, 2.24) is 9.55 Å². The Morgan fingerprint density at radius 2 is 1.82 bits per heavy atom. The Morgan fingerprint density at radius 3 is 2.58 bits per heavy atom. The average molecular weight is 524 g/mol. The highest BCUT2D eigenvalue weighted by Crippen LogP contribution is 2.37. The molecule has 8 heteroatoms. The molecule has 190 valence electrons. The van der Waals surface area contributed by atoms with Crippen molar-refractivity contribution < 1.29 is 14.3 Å². The number of benzene rings is 3. The minimum Gasteiger partial charge on any atom is -0.496 e. The Kier molecular flexibility index (Phi) is 5.96. The zero-order chi connectivity index (χ0) is 26.4. The first-order chi connectivity index (χ1) is 18.5. The number of hydrogen-bond donors (Lipinski definition) is 1. The van der Waals surface area contributed by atoms with E-state index in [1.165, 1.54) is 11.3 Å². The molecule has 5 aromatic rings. The topological polar surface area (TPSA) is 85.7 Å². The van der Waals surface area contributed by atoms with E-state index in [0.717, 1.165) is 38.6 Å². The molecule has 6 rings (SSSR count). The van der Waals surface area contributed by atoms with E-state index in [0.29, 0.717) is 20.6 Å². The van der Waals surface area contributed by atoms with Crippen LogP contribution in [0, 0.1) is 0 Å². The first kappa shape index (κ1) is 23.9. The third-order valence-corrected chi connectivity index (χ3v) is 7.84.